The molecule has 0 unspecified atom stereocenters. The maximum absolute atomic E-state index is 4.17. The van der Waals surface area contributed by atoms with Gasteiger partial charge in [-0.2, -0.15) is 5.10 Å². The van der Waals surface area contributed by atoms with E-state index >= 15 is 0 Å². The maximum Gasteiger partial charge on any atom is 0.191 e. The van der Waals surface area contributed by atoms with Crippen LogP contribution in [0.1, 0.15) is 31.7 Å². The predicted octanol–water partition coefficient (Wildman–Crippen LogP) is 1.28. The van der Waals surface area contributed by atoms with Gasteiger partial charge in [-0.3, -0.25) is 9.67 Å². The van der Waals surface area contributed by atoms with Crippen LogP contribution in [0.5, 0.6) is 0 Å². The Morgan fingerprint density at radius 3 is 2.82 bits per heavy atom. The number of aromatic nitrogens is 2. The number of hydrogen-bond acceptors (Lipinski definition) is 2. The lowest BCUT2D eigenvalue weighted by Crippen LogP contribution is -2.37. The largest absolute Gasteiger partial charge is 0.356 e. The number of rotatable bonds is 6. The van der Waals surface area contributed by atoms with E-state index in [1.807, 2.05) is 19.4 Å². The smallest absolute Gasteiger partial charge is 0.191 e. The van der Waals surface area contributed by atoms with Crippen LogP contribution in [0, 0.1) is 0 Å². The minimum Gasteiger partial charge on any atom is -0.356 e. The second-order valence-corrected chi connectivity index (χ2v) is 4.08. The minimum atomic E-state index is 0.751. The van der Waals surface area contributed by atoms with E-state index in [1.54, 1.807) is 11.7 Å². The fourth-order valence-electron chi connectivity index (χ4n) is 1.55. The number of guanidine groups is 1. The van der Waals surface area contributed by atoms with E-state index in [0.717, 1.165) is 24.6 Å². The molecule has 0 atom stereocenters. The Morgan fingerprint density at radius 1 is 1.41 bits per heavy atom. The Morgan fingerprint density at radius 2 is 2.24 bits per heavy atom. The molecule has 1 aromatic heterocycles. The minimum absolute atomic E-state index is 0.751. The van der Waals surface area contributed by atoms with Gasteiger partial charge in [0.25, 0.3) is 0 Å². The van der Waals surface area contributed by atoms with Gasteiger partial charge in [0.05, 0.1) is 6.20 Å². The molecule has 5 heteroatoms. The first kappa shape index (κ1) is 13.5. The van der Waals surface area contributed by atoms with Crippen molar-refractivity contribution >= 4 is 5.96 Å². The maximum atomic E-state index is 4.17. The van der Waals surface area contributed by atoms with Crippen LogP contribution in [-0.4, -0.2) is 29.3 Å². The fraction of sp³-hybridized carbons (Fsp3) is 0.667. The van der Waals surface area contributed by atoms with Gasteiger partial charge in [-0.25, -0.2) is 0 Å². The predicted molar refractivity (Wildman–Crippen MR) is 70.9 cm³/mol. The lowest BCUT2D eigenvalue weighted by Gasteiger charge is -2.10. The molecule has 0 saturated carbocycles. The van der Waals surface area contributed by atoms with E-state index in [1.165, 1.54) is 19.3 Å². The second kappa shape index (κ2) is 7.70. The Hall–Kier alpha value is -1.52. The van der Waals surface area contributed by atoms with Crippen molar-refractivity contribution in [3.63, 3.8) is 0 Å². The molecule has 96 valence electrons. The van der Waals surface area contributed by atoms with Crippen LogP contribution < -0.4 is 10.6 Å². The number of aliphatic imine (C=N–C) groups is 1. The molecule has 0 amide bonds. The van der Waals surface area contributed by atoms with Crippen LogP contribution in [0.2, 0.25) is 0 Å². The molecule has 0 aliphatic rings. The van der Waals surface area contributed by atoms with E-state index < -0.39 is 0 Å². The van der Waals surface area contributed by atoms with Crippen molar-refractivity contribution in [2.24, 2.45) is 12.0 Å². The van der Waals surface area contributed by atoms with E-state index in [0.29, 0.717) is 0 Å². The van der Waals surface area contributed by atoms with E-state index in [4.69, 9.17) is 0 Å². The molecule has 0 fully saturated rings. The summed E-state index contributed by atoms with van der Waals surface area (Å²) in [5.74, 6) is 0.852. The molecular weight excluding hydrogens is 214 g/mol. The average Bonchev–Trinajstić information content (AvgIpc) is 2.74. The highest BCUT2D eigenvalue weighted by atomic mass is 15.2. The number of nitrogens with one attached hydrogen (secondary N) is 2. The summed E-state index contributed by atoms with van der Waals surface area (Å²) in [5.41, 5.74) is 1.16. The van der Waals surface area contributed by atoms with Gasteiger partial charge in [-0.05, 0) is 6.42 Å². The molecule has 0 aliphatic carbocycles. The SMILES string of the molecule is CCCCCNC(=NC)NCc1cnn(C)c1. The van der Waals surface area contributed by atoms with Crippen LogP contribution in [0.15, 0.2) is 17.4 Å². The van der Waals surface area contributed by atoms with Crippen LogP contribution in [0.4, 0.5) is 0 Å². The molecule has 0 radical (unpaired) electrons. The Kier molecular flexibility index (Phi) is 6.14. The normalized spacial score (nSPS) is 11.6. The summed E-state index contributed by atoms with van der Waals surface area (Å²) in [7, 11) is 3.71. The average molecular weight is 237 g/mol. The van der Waals surface area contributed by atoms with Crippen molar-refractivity contribution in [1.82, 2.24) is 20.4 Å². The van der Waals surface area contributed by atoms with Crippen LogP contribution >= 0.6 is 0 Å². The Balaban J connectivity index is 2.23. The van der Waals surface area contributed by atoms with Crippen LogP contribution in [0.3, 0.4) is 0 Å². The molecule has 5 nitrogen and oxygen atoms in total. The molecule has 1 aromatic rings. The van der Waals surface area contributed by atoms with Gasteiger partial charge in [0.1, 0.15) is 0 Å². The monoisotopic (exact) mass is 237 g/mol. The zero-order valence-electron chi connectivity index (χ0n) is 11.0. The number of unbranched alkanes of at least 4 members (excludes halogenated alkanes) is 2. The summed E-state index contributed by atoms with van der Waals surface area (Å²) in [6.07, 6.45) is 7.54. The lowest BCUT2D eigenvalue weighted by molar-refractivity contribution is 0.682. The summed E-state index contributed by atoms with van der Waals surface area (Å²) in [6.45, 7) is 3.93. The zero-order valence-corrected chi connectivity index (χ0v) is 11.0. The third kappa shape index (κ3) is 5.38. The van der Waals surface area contributed by atoms with Crippen molar-refractivity contribution in [2.75, 3.05) is 13.6 Å². The standard InChI is InChI=1S/C12H23N5/c1-4-5-6-7-14-12(13-2)15-8-11-9-16-17(3)10-11/h9-10H,4-8H2,1-3H3,(H2,13,14,15). The summed E-state index contributed by atoms with van der Waals surface area (Å²) in [4.78, 5) is 4.17. The summed E-state index contributed by atoms with van der Waals surface area (Å²) in [6, 6.07) is 0. The van der Waals surface area contributed by atoms with Gasteiger partial charge in [0, 0.05) is 38.9 Å². The highest BCUT2D eigenvalue weighted by molar-refractivity contribution is 5.79. The van der Waals surface area contributed by atoms with Gasteiger partial charge in [0.2, 0.25) is 0 Å². The first-order chi connectivity index (χ1) is 8.26. The van der Waals surface area contributed by atoms with Crippen molar-refractivity contribution in [2.45, 2.75) is 32.7 Å². The molecule has 2 N–H and O–H groups in total. The fourth-order valence-corrected chi connectivity index (χ4v) is 1.55. The quantitative estimate of drug-likeness (QED) is 0.445. The molecule has 0 spiro atoms. The molecule has 1 rings (SSSR count). The van der Waals surface area contributed by atoms with Crippen molar-refractivity contribution in [3.8, 4) is 0 Å². The van der Waals surface area contributed by atoms with Gasteiger partial charge in [0.15, 0.2) is 5.96 Å². The zero-order chi connectivity index (χ0) is 12.5. The van der Waals surface area contributed by atoms with Gasteiger partial charge < -0.3 is 10.6 Å². The molecule has 0 aliphatic heterocycles. The van der Waals surface area contributed by atoms with Crippen molar-refractivity contribution in [3.05, 3.63) is 18.0 Å². The highest BCUT2D eigenvalue weighted by Gasteiger charge is 1.99. The first-order valence-electron chi connectivity index (χ1n) is 6.18. The topological polar surface area (TPSA) is 54.2 Å². The molecule has 0 bridgehead atoms. The molecule has 0 saturated heterocycles. The second-order valence-electron chi connectivity index (χ2n) is 4.08. The number of hydrogen-bond donors (Lipinski definition) is 2. The lowest BCUT2D eigenvalue weighted by atomic mass is 10.2. The van der Waals surface area contributed by atoms with E-state index in [9.17, 15) is 0 Å². The molecule has 1 heterocycles. The van der Waals surface area contributed by atoms with Crippen LogP contribution in [0.25, 0.3) is 0 Å². The highest BCUT2D eigenvalue weighted by Crippen LogP contribution is 1.95. The summed E-state index contributed by atoms with van der Waals surface area (Å²) < 4.78 is 1.80. The van der Waals surface area contributed by atoms with Crippen molar-refractivity contribution < 1.29 is 0 Å². The number of aryl methyl sites for hydroxylation is 1. The Bertz CT molecular complexity index is 342. The van der Waals surface area contributed by atoms with E-state index in [2.05, 4.69) is 27.6 Å². The van der Waals surface area contributed by atoms with Gasteiger partial charge >= 0.3 is 0 Å². The first-order valence-corrected chi connectivity index (χ1v) is 6.18. The molecular formula is C12H23N5. The Labute approximate surface area is 103 Å². The third-order valence-electron chi connectivity index (χ3n) is 2.51. The summed E-state index contributed by atoms with van der Waals surface area (Å²) in [5, 5.41) is 10.7. The van der Waals surface area contributed by atoms with Gasteiger partial charge in [-0.15, -0.1) is 0 Å². The van der Waals surface area contributed by atoms with E-state index in [-0.39, 0.29) is 0 Å². The molecule has 17 heavy (non-hydrogen) atoms. The third-order valence-corrected chi connectivity index (χ3v) is 2.51. The van der Waals surface area contributed by atoms with Crippen LogP contribution in [-0.2, 0) is 13.6 Å². The van der Waals surface area contributed by atoms with Gasteiger partial charge in [-0.1, -0.05) is 19.8 Å². The summed E-state index contributed by atoms with van der Waals surface area (Å²) >= 11 is 0. The number of nitrogens with zero attached hydrogens (tertiary/aromatic N) is 3. The molecule has 0 aromatic carbocycles. The van der Waals surface area contributed by atoms with Crippen molar-refractivity contribution in [1.29, 1.82) is 0 Å².